The average Bonchev–Trinajstić information content (AvgIpc) is 3.17. The molecule has 1 aliphatic rings. The molecule has 28 heavy (non-hydrogen) atoms. The quantitative estimate of drug-likeness (QED) is 0.259. The van der Waals surface area contributed by atoms with Crippen molar-refractivity contribution in [2.24, 2.45) is 5.92 Å². The van der Waals surface area contributed by atoms with Gasteiger partial charge in [0.25, 0.3) is 5.91 Å². The van der Waals surface area contributed by atoms with Gasteiger partial charge in [-0.3, -0.25) is 20.1 Å². The van der Waals surface area contributed by atoms with Crippen molar-refractivity contribution >= 4 is 18.0 Å². The molecule has 1 fully saturated rings. The number of carbonyl (C=O) groups is 2. The Morgan fingerprint density at radius 3 is 2.64 bits per heavy atom. The number of benzene rings is 1. The fraction of sp³-hybridized carbons (Fsp3) is 0.524. The lowest BCUT2D eigenvalue weighted by atomic mass is 9.90. The molecule has 3 N–H and O–H groups in total. The van der Waals surface area contributed by atoms with Crippen molar-refractivity contribution in [2.75, 3.05) is 13.2 Å². The van der Waals surface area contributed by atoms with E-state index in [1.807, 2.05) is 31.2 Å². The Hall–Kier alpha value is -2.22. The van der Waals surface area contributed by atoms with Crippen LogP contribution in [0, 0.1) is 5.92 Å². The van der Waals surface area contributed by atoms with Crippen LogP contribution in [0.5, 0.6) is 0 Å². The number of amides is 1. The van der Waals surface area contributed by atoms with E-state index < -0.39 is 11.4 Å². The number of ether oxygens (including phenoxy) is 2. The van der Waals surface area contributed by atoms with E-state index >= 15 is 0 Å². The van der Waals surface area contributed by atoms with Gasteiger partial charge in [-0.25, -0.2) is 5.48 Å². The maximum atomic E-state index is 12.8. The van der Waals surface area contributed by atoms with E-state index in [4.69, 9.17) is 14.7 Å². The van der Waals surface area contributed by atoms with E-state index in [-0.39, 0.29) is 12.1 Å². The molecule has 1 aromatic rings. The predicted molar refractivity (Wildman–Crippen MR) is 105 cm³/mol. The summed E-state index contributed by atoms with van der Waals surface area (Å²) in [4.78, 5) is 23.8. The molecular formula is C21H30N2O5. The first-order chi connectivity index (χ1) is 13.3. The number of esters is 1. The Labute approximate surface area is 166 Å². The summed E-state index contributed by atoms with van der Waals surface area (Å²) in [5.74, 6) is -0.497. The van der Waals surface area contributed by atoms with Crippen LogP contribution in [0.2, 0.25) is 0 Å². The van der Waals surface area contributed by atoms with Gasteiger partial charge >= 0.3 is 5.97 Å². The third kappa shape index (κ3) is 6.74. The van der Waals surface area contributed by atoms with Crippen molar-refractivity contribution in [3.05, 3.63) is 41.5 Å². The van der Waals surface area contributed by atoms with Crippen LogP contribution >= 0.6 is 0 Å². The summed E-state index contributed by atoms with van der Waals surface area (Å²) in [6.07, 6.45) is 4.09. The molecule has 7 nitrogen and oxygen atoms in total. The summed E-state index contributed by atoms with van der Waals surface area (Å²) in [6.45, 7) is 7.65. The molecule has 1 unspecified atom stereocenters. The summed E-state index contributed by atoms with van der Waals surface area (Å²) in [6, 6.07) is 7.59. The van der Waals surface area contributed by atoms with Gasteiger partial charge in [-0.1, -0.05) is 38.1 Å². The molecule has 0 aliphatic carbocycles. The molecule has 2 atom stereocenters. The van der Waals surface area contributed by atoms with E-state index in [2.05, 4.69) is 19.2 Å². The van der Waals surface area contributed by atoms with Gasteiger partial charge in [-0.2, -0.15) is 0 Å². The number of hydrogen-bond acceptors (Lipinski definition) is 6. The summed E-state index contributed by atoms with van der Waals surface area (Å²) in [5.41, 5.74) is 2.61. The van der Waals surface area contributed by atoms with E-state index in [1.165, 1.54) is 6.08 Å². The lowest BCUT2D eigenvalue weighted by Gasteiger charge is -2.31. The molecule has 2 rings (SSSR count). The Morgan fingerprint density at radius 1 is 1.36 bits per heavy atom. The minimum atomic E-state index is -0.783. The molecule has 7 heteroatoms. The van der Waals surface area contributed by atoms with Crippen LogP contribution in [0.15, 0.2) is 30.3 Å². The minimum absolute atomic E-state index is 0.164. The smallest absolute Gasteiger partial charge is 0.326 e. The van der Waals surface area contributed by atoms with E-state index in [0.717, 1.165) is 17.5 Å². The largest absolute Gasteiger partial charge is 0.458 e. The highest BCUT2D eigenvalue weighted by atomic mass is 16.6. The summed E-state index contributed by atoms with van der Waals surface area (Å²) in [5, 5.41) is 11.9. The van der Waals surface area contributed by atoms with Gasteiger partial charge in [0.1, 0.15) is 11.6 Å². The van der Waals surface area contributed by atoms with Crippen molar-refractivity contribution in [3.8, 4) is 0 Å². The molecule has 1 saturated heterocycles. The molecule has 1 aromatic carbocycles. The van der Waals surface area contributed by atoms with Crippen LogP contribution in [0.1, 0.15) is 44.7 Å². The standard InChI is InChI=1S/C21H30N2O5/c1-15(2)12-21(3,20(25)28-18-10-11-27-14-18)22-13-17-6-4-16(5-7-17)8-9-19(24)23-26/h4-9,15,18,22,26H,10-14H2,1-3H3,(H,23,24)/b9-8+/t18?,21-/m1/s1. The third-order valence-corrected chi connectivity index (χ3v) is 4.63. The molecule has 0 spiro atoms. The topological polar surface area (TPSA) is 96.9 Å². The van der Waals surface area contributed by atoms with Crippen LogP contribution in [0.25, 0.3) is 6.08 Å². The molecule has 1 heterocycles. The number of hydroxylamine groups is 1. The first-order valence-electron chi connectivity index (χ1n) is 9.57. The van der Waals surface area contributed by atoms with Crippen molar-refractivity contribution in [3.63, 3.8) is 0 Å². The van der Waals surface area contributed by atoms with Crippen molar-refractivity contribution in [1.82, 2.24) is 10.8 Å². The second kappa shape index (κ2) is 10.4. The fourth-order valence-corrected chi connectivity index (χ4v) is 3.18. The van der Waals surface area contributed by atoms with Crippen LogP contribution in [-0.2, 0) is 25.6 Å². The zero-order valence-corrected chi connectivity index (χ0v) is 16.7. The second-order valence-electron chi connectivity index (χ2n) is 7.73. The van der Waals surface area contributed by atoms with Gasteiger partial charge in [-0.05, 0) is 36.5 Å². The Morgan fingerprint density at radius 2 is 2.07 bits per heavy atom. The zero-order chi connectivity index (χ0) is 20.6. The second-order valence-corrected chi connectivity index (χ2v) is 7.73. The SMILES string of the molecule is CC(C)C[C@@](C)(NCc1ccc(/C=C/C(=O)NO)cc1)C(=O)OC1CCOC1. The van der Waals surface area contributed by atoms with E-state index in [9.17, 15) is 9.59 Å². The van der Waals surface area contributed by atoms with Crippen LogP contribution < -0.4 is 10.8 Å². The molecular weight excluding hydrogens is 360 g/mol. The van der Waals surface area contributed by atoms with Crippen LogP contribution in [0.3, 0.4) is 0 Å². The molecule has 154 valence electrons. The first-order valence-corrected chi connectivity index (χ1v) is 9.57. The number of nitrogens with one attached hydrogen (secondary N) is 2. The van der Waals surface area contributed by atoms with E-state index in [0.29, 0.717) is 32.1 Å². The highest BCUT2D eigenvalue weighted by Crippen LogP contribution is 2.22. The molecule has 0 radical (unpaired) electrons. The fourth-order valence-electron chi connectivity index (χ4n) is 3.18. The van der Waals surface area contributed by atoms with Crippen molar-refractivity contribution < 1.29 is 24.3 Å². The van der Waals surface area contributed by atoms with Crippen LogP contribution in [0.4, 0.5) is 0 Å². The minimum Gasteiger partial charge on any atom is -0.458 e. The molecule has 0 saturated carbocycles. The van der Waals surface area contributed by atoms with Gasteiger partial charge in [0.2, 0.25) is 0 Å². The van der Waals surface area contributed by atoms with Gasteiger partial charge in [0, 0.05) is 19.0 Å². The van der Waals surface area contributed by atoms with Gasteiger partial charge in [0.05, 0.1) is 13.2 Å². The van der Waals surface area contributed by atoms with Gasteiger partial charge < -0.3 is 9.47 Å². The van der Waals surface area contributed by atoms with Crippen molar-refractivity contribution in [2.45, 2.75) is 51.8 Å². The maximum absolute atomic E-state index is 12.8. The molecule has 1 aliphatic heterocycles. The number of rotatable bonds is 9. The molecule has 1 amide bonds. The zero-order valence-electron chi connectivity index (χ0n) is 16.7. The Kier molecular flexibility index (Phi) is 8.17. The lowest BCUT2D eigenvalue weighted by Crippen LogP contribution is -2.52. The summed E-state index contributed by atoms with van der Waals surface area (Å²) in [7, 11) is 0. The van der Waals surface area contributed by atoms with E-state index in [1.54, 1.807) is 11.6 Å². The van der Waals surface area contributed by atoms with Crippen molar-refractivity contribution in [1.29, 1.82) is 0 Å². The molecule has 0 bridgehead atoms. The summed E-state index contributed by atoms with van der Waals surface area (Å²) < 4.78 is 10.9. The normalized spacial score (nSPS) is 19.0. The van der Waals surface area contributed by atoms with Crippen LogP contribution in [-0.4, -0.2) is 41.9 Å². The Bertz CT molecular complexity index is 681. The maximum Gasteiger partial charge on any atom is 0.326 e. The van der Waals surface area contributed by atoms with Gasteiger partial charge in [0.15, 0.2) is 0 Å². The highest BCUT2D eigenvalue weighted by molar-refractivity contribution is 5.90. The lowest BCUT2D eigenvalue weighted by molar-refractivity contribution is -0.157. The number of carbonyl (C=O) groups excluding carboxylic acids is 2. The predicted octanol–water partition coefficient (Wildman–Crippen LogP) is 2.43. The third-order valence-electron chi connectivity index (χ3n) is 4.63. The van der Waals surface area contributed by atoms with Gasteiger partial charge in [-0.15, -0.1) is 0 Å². The average molecular weight is 390 g/mol. The Balaban J connectivity index is 1.99. The highest BCUT2D eigenvalue weighted by Gasteiger charge is 2.37. The monoisotopic (exact) mass is 390 g/mol. The molecule has 0 aromatic heterocycles. The first kappa shape index (κ1) is 22.1. The summed E-state index contributed by atoms with van der Waals surface area (Å²) >= 11 is 0. The number of hydrogen-bond donors (Lipinski definition) is 3.